The Balaban J connectivity index is 1.06. The normalized spacial score (nSPS) is 11.8. The van der Waals surface area contributed by atoms with E-state index in [1.165, 1.54) is 56.1 Å². The molecule has 4 nitrogen and oxygen atoms in total. The van der Waals surface area contributed by atoms with Crippen LogP contribution >= 0.6 is 0 Å². The molecule has 0 saturated carbocycles. The Bertz CT molecular complexity index is 3260. The number of hydrogen-bond donors (Lipinski definition) is 0. The lowest BCUT2D eigenvalue weighted by atomic mass is 9.99. The summed E-state index contributed by atoms with van der Waals surface area (Å²) in [7, 11) is 0. The third kappa shape index (κ3) is 5.59. The molecule has 9 aromatic carbocycles. The number of nitrogens with zero attached hydrogens (tertiary/aromatic N) is 2. The van der Waals surface area contributed by atoms with Crippen molar-refractivity contribution in [3.63, 3.8) is 0 Å². The van der Waals surface area contributed by atoms with Gasteiger partial charge in [-0.25, -0.2) is 0 Å². The van der Waals surface area contributed by atoms with Crippen LogP contribution in [0.1, 0.15) is 33.4 Å². The van der Waals surface area contributed by atoms with Gasteiger partial charge in [-0.15, -0.1) is 0 Å². The first-order valence-corrected chi connectivity index (χ1v) is 20.7. The zero-order chi connectivity index (χ0) is 40.8. The summed E-state index contributed by atoms with van der Waals surface area (Å²) in [5, 5.41) is 8.90. The number of para-hydroxylation sites is 4. The second kappa shape index (κ2) is 13.6. The highest BCUT2D eigenvalue weighted by Gasteiger charge is 2.22. The predicted octanol–water partition coefficient (Wildman–Crippen LogP) is 16.6. The van der Waals surface area contributed by atoms with E-state index in [1.807, 2.05) is 0 Å². The Hall–Kier alpha value is -7.30. The number of furan rings is 2. The summed E-state index contributed by atoms with van der Waals surface area (Å²) in [4.78, 5) is 4.81. The number of anilines is 6. The first-order valence-electron chi connectivity index (χ1n) is 20.7. The highest BCUT2D eigenvalue weighted by molar-refractivity contribution is 6.28. The maximum Gasteiger partial charge on any atom is 0.136 e. The van der Waals surface area contributed by atoms with Crippen LogP contribution in [0, 0.1) is 41.5 Å². The van der Waals surface area contributed by atoms with Crippen molar-refractivity contribution in [2.45, 2.75) is 41.5 Å². The summed E-state index contributed by atoms with van der Waals surface area (Å²) in [6.07, 6.45) is 0. The predicted molar refractivity (Wildman–Crippen MR) is 254 cm³/mol. The average molecular weight is 777 g/mol. The minimum Gasteiger partial charge on any atom is -0.456 e. The van der Waals surface area contributed by atoms with Crippen molar-refractivity contribution in [3.8, 4) is 0 Å². The van der Waals surface area contributed by atoms with Crippen molar-refractivity contribution in [2.24, 2.45) is 0 Å². The molecule has 2 heterocycles. The molecule has 0 unspecified atom stereocenters. The molecule has 60 heavy (non-hydrogen) atoms. The molecule has 0 atom stereocenters. The van der Waals surface area contributed by atoms with Crippen LogP contribution in [0.25, 0.3) is 65.4 Å². The van der Waals surface area contributed by atoms with Crippen molar-refractivity contribution in [2.75, 3.05) is 9.80 Å². The van der Waals surface area contributed by atoms with Crippen LogP contribution in [-0.4, -0.2) is 0 Å². The Labute approximate surface area is 349 Å². The van der Waals surface area contributed by atoms with E-state index >= 15 is 0 Å². The van der Waals surface area contributed by atoms with Gasteiger partial charge in [-0.3, -0.25) is 0 Å². The van der Waals surface area contributed by atoms with Crippen molar-refractivity contribution < 1.29 is 8.83 Å². The summed E-state index contributed by atoms with van der Waals surface area (Å²) in [6, 6.07) is 57.0. The standard InChI is InChI=1S/C56H44N2O2/c1-33-13-7-9-19-47(33)57(55-35(3)15-11-16-36(55)4)43-23-21-39-29-45-51(31-41(39)27-43)59-49-25-26-50-54(53(45)49)46-30-40-22-24-44(28-42(40)32-52(46)60-50)58(48-20-10-8-14-34(48)2)56-37(5)17-12-18-38(56)6/h7-32H,1-6H3. The van der Waals surface area contributed by atoms with Gasteiger partial charge >= 0.3 is 0 Å². The van der Waals surface area contributed by atoms with Gasteiger partial charge in [-0.1, -0.05) is 84.9 Å². The number of hydrogen-bond acceptors (Lipinski definition) is 4. The van der Waals surface area contributed by atoms with Gasteiger partial charge in [0.2, 0.25) is 0 Å². The quantitative estimate of drug-likeness (QED) is 0.168. The third-order valence-electron chi connectivity index (χ3n) is 12.5. The molecule has 0 fully saturated rings. The van der Waals surface area contributed by atoms with Gasteiger partial charge < -0.3 is 18.6 Å². The molecule has 4 heteroatoms. The maximum absolute atomic E-state index is 6.70. The van der Waals surface area contributed by atoms with Gasteiger partial charge in [-0.05, 0) is 169 Å². The summed E-state index contributed by atoms with van der Waals surface area (Å²) in [5.41, 5.74) is 17.8. The van der Waals surface area contributed by atoms with E-state index in [2.05, 4.69) is 209 Å². The molecule has 0 amide bonds. The smallest absolute Gasteiger partial charge is 0.136 e. The van der Waals surface area contributed by atoms with Gasteiger partial charge in [0, 0.05) is 44.3 Å². The molecule has 0 saturated heterocycles. The minimum absolute atomic E-state index is 0.853. The van der Waals surface area contributed by atoms with Gasteiger partial charge in [0.1, 0.15) is 22.3 Å². The zero-order valence-electron chi connectivity index (χ0n) is 34.7. The first-order chi connectivity index (χ1) is 29.2. The molecule has 11 rings (SSSR count). The molecule has 0 spiro atoms. The Morgan fingerprint density at radius 2 is 0.700 bits per heavy atom. The molecule has 0 radical (unpaired) electrons. The van der Waals surface area contributed by atoms with Crippen LogP contribution in [0.4, 0.5) is 34.1 Å². The molecule has 0 aliphatic carbocycles. The fraction of sp³-hybridized carbons (Fsp3) is 0.107. The Morgan fingerprint density at radius 1 is 0.317 bits per heavy atom. The lowest BCUT2D eigenvalue weighted by Gasteiger charge is -2.30. The van der Waals surface area contributed by atoms with Crippen LogP contribution < -0.4 is 9.80 Å². The molecule has 11 aromatic rings. The molecule has 0 N–H and O–H groups in total. The summed E-state index contributed by atoms with van der Waals surface area (Å²) < 4.78 is 13.4. The van der Waals surface area contributed by atoms with E-state index in [0.29, 0.717) is 0 Å². The van der Waals surface area contributed by atoms with E-state index in [9.17, 15) is 0 Å². The fourth-order valence-electron chi connectivity index (χ4n) is 9.60. The van der Waals surface area contributed by atoms with Gasteiger partial charge in [0.15, 0.2) is 0 Å². The average Bonchev–Trinajstić information content (AvgIpc) is 3.79. The maximum atomic E-state index is 6.70. The Kier molecular flexibility index (Phi) is 8.15. The monoisotopic (exact) mass is 776 g/mol. The van der Waals surface area contributed by atoms with Crippen molar-refractivity contribution in [3.05, 3.63) is 191 Å². The SMILES string of the molecule is Cc1ccccc1N(c1ccc2cc3c(cc2c1)oc1ccc2oc4cc5cc(N(c6ccccc6C)c6c(C)cccc6C)ccc5cc4c2c13)c1c(C)cccc1C. The number of fused-ring (bicyclic) bond motifs is 9. The summed E-state index contributed by atoms with van der Waals surface area (Å²) >= 11 is 0. The summed E-state index contributed by atoms with van der Waals surface area (Å²) in [6.45, 7) is 13.1. The van der Waals surface area contributed by atoms with Gasteiger partial charge in [0.25, 0.3) is 0 Å². The van der Waals surface area contributed by atoms with Crippen LogP contribution in [0.2, 0.25) is 0 Å². The highest BCUT2D eigenvalue weighted by atomic mass is 16.3. The van der Waals surface area contributed by atoms with E-state index in [1.54, 1.807) is 0 Å². The van der Waals surface area contributed by atoms with Crippen molar-refractivity contribution >= 4 is 99.5 Å². The van der Waals surface area contributed by atoms with E-state index in [-0.39, 0.29) is 0 Å². The molecule has 0 aliphatic rings. The largest absolute Gasteiger partial charge is 0.456 e. The van der Waals surface area contributed by atoms with Crippen LogP contribution in [0.5, 0.6) is 0 Å². The van der Waals surface area contributed by atoms with E-state index in [4.69, 9.17) is 8.83 Å². The van der Waals surface area contributed by atoms with Gasteiger partial charge in [-0.2, -0.15) is 0 Å². The van der Waals surface area contributed by atoms with Crippen molar-refractivity contribution in [1.82, 2.24) is 0 Å². The number of aryl methyl sites for hydroxylation is 6. The van der Waals surface area contributed by atoms with E-state index in [0.717, 1.165) is 76.8 Å². The molecule has 2 aromatic heterocycles. The van der Waals surface area contributed by atoms with Crippen LogP contribution in [0.15, 0.2) is 167 Å². The van der Waals surface area contributed by atoms with Gasteiger partial charge in [0.05, 0.1) is 11.4 Å². The molecule has 290 valence electrons. The zero-order valence-corrected chi connectivity index (χ0v) is 34.7. The lowest BCUT2D eigenvalue weighted by molar-refractivity contribution is 0.663. The molecule has 0 bridgehead atoms. The van der Waals surface area contributed by atoms with Crippen molar-refractivity contribution in [1.29, 1.82) is 0 Å². The number of rotatable bonds is 6. The Morgan fingerprint density at radius 3 is 1.10 bits per heavy atom. The fourth-order valence-corrected chi connectivity index (χ4v) is 9.60. The molecule has 0 aliphatic heterocycles. The molecular formula is C56H44N2O2. The third-order valence-corrected chi connectivity index (χ3v) is 12.5. The number of benzene rings is 9. The van der Waals surface area contributed by atoms with Crippen LogP contribution in [0.3, 0.4) is 0 Å². The lowest BCUT2D eigenvalue weighted by Crippen LogP contribution is -2.14. The molecular weight excluding hydrogens is 733 g/mol. The minimum atomic E-state index is 0.853. The first kappa shape index (κ1) is 35.8. The summed E-state index contributed by atoms with van der Waals surface area (Å²) in [5.74, 6) is 0. The second-order valence-corrected chi connectivity index (χ2v) is 16.5. The van der Waals surface area contributed by atoms with E-state index < -0.39 is 0 Å². The highest BCUT2D eigenvalue weighted by Crippen LogP contribution is 2.46. The van der Waals surface area contributed by atoms with Crippen LogP contribution in [-0.2, 0) is 0 Å². The topological polar surface area (TPSA) is 32.8 Å². The second-order valence-electron chi connectivity index (χ2n) is 16.5.